The minimum absolute atomic E-state index is 0.0161. The van der Waals surface area contributed by atoms with Crippen molar-refractivity contribution < 1.29 is 19.2 Å². The molecular weight excluding hydrogens is 266 g/mol. The molecule has 2 aromatic rings. The summed E-state index contributed by atoms with van der Waals surface area (Å²) in [5.74, 6) is -0.556. The zero-order valence-corrected chi connectivity index (χ0v) is 10.3. The molecule has 0 aliphatic rings. The Balaban J connectivity index is 2.23. The summed E-state index contributed by atoms with van der Waals surface area (Å²) in [5.41, 5.74) is -0.172. The molecule has 0 fully saturated rings. The maximum Gasteiger partial charge on any atom is 0.358 e. The lowest BCUT2D eigenvalue weighted by molar-refractivity contribution is -0.385. The van der Waals surface area contributed by atoms with Crippen LogP contribution in [0.4, 0.5) is 5.69 Å². The van der Waals surface area contributed by atoms with Crippen molar-refractivity contribution in [2.24, 2.45) is 0 Å². The third kappa shape index (κ3) is 2.86. The Morgan fingerprint density at radius 1 is 1.25 bits per heavy atom. The fourth-order valence-electron chi connectivity index (χ4n) is 1.39. The van der Waals surface area contributed by atoms with Crippen LogP contribution in [0.25, 0.3) is 0 Å². The van der Waals surface area contributed by atoms with Crippen LogP contribution in [0.1, 0.15) is 10.5 Å². The predicted octanol–water partition coefficient (Wildman–Crippen LogP) is 1.96. The summed E-state index contributed by atoms with van der Waals surface area (Å²) < 4.78 is 9.75. The lowest BCUT2D eigenvalue weighted by Gasteiger charge is -2.05. The molecule has 8 heteroatoms. The van der Waals surface area contributed by atoms with E-state index < -0.39 is 10.9 Å². The van der Waals surface area contributed by atoms with Gasteiger partial charge in [0.05, 0.1) is 24.4 Å². The molecule has 0 spiro atoms. The molecule has 0 amide bonds. The molecule has 0 aliphatic carbocycles. The highest BCUT2D eigenvalue weighted by atomic mass is 16.6. The van der Waals surface area contributed by atoms with Crippen molar-refractivity contribution in [2.45, 2.75) is 0 Å². The maximum atomic E-state index is 11.2. The van der Waals surface area contributed by atoms with Gasteiger partial charge in [-0.15, -0.1) is 0 Å². The van der Waals surface area contributed by atoms with Gasteiger partial charge in [-0.3, -0.25) is 10.1 Å². The van der Waals surface area contributed by atoms with E-state index in [9.17, 15) is 14.9 Å². The normalized spacial score (nSPS) is 9.85. The number of carbonyl (C=O) groups excluding carboxylic acids is 1. The summed E-state index contributed by atoms with van der Waals surface area (Å²) in [7, 11) is 1.22. The van der Waals surface area contributed by atoms with Crippen LogP contribution in [0.5, 0.6) is 11.6 Å². The van der Waals surface area contributed by atoms with E-state index in [-0.39, 0.29) is 23.0 Å². The van der Waals surface area contributed by atoms with Gasteiger partial charge in [0.2, 0.25) is 11.6 Å². The van der Waals surface area contributed by atoms with Crippen molar-refractivity contribution in [3.63, 3.8) is 0 Å². The maximum absolute atomic E-state index is 11.2. The summed E-state index contributed by atoms with van der Waals surface area (Å²) in [6.07, 6.45) is 2.35. The molecule has 1 heterocycles. The van der Waals surface area contributed by atoms with Gasteiger partial charge in [0, 0.05) is 6.07 Å². The molecule has 0 saturated carbocycles. The first kappa shape index (κ1) is 13.4. The topological polar surface area (TPSA) is 104 Å². The molecule has 1 aromatic carbocycles. The first-order valence-electron chi connectivity index (χ1n) is 5.43. The number of rotatable bonds is 4. The fraction of sp³-hybridized carbons (Fsp3) is 0.0833. The molecule has 0 unspecified atom stereocenters. The van der Waals surface area contributed by atoms with Gasteiger partial charge in [-0.1, -0.05) is 12.1 Å². The molecule has 20 heavy (non-hydrogen) atoms. The van der Waals surface area contributed by atoms with Gasteiger partial charge in [0.1, 0.15) is 0 Å². The molecular formula is C12H9N3O5. The van der Waals surface area contributed by atoms with Gasteiger partial charge in [-0.05, 0) is 6.07 Å². The lowest BCUT2D eigenvalue weighted by Crippen LogP contribution is -2.05. The molecule has 0 atom stereocenters. The molecule has 0 radical (unpaired) electrons. The van der Waals surface area contributed by atoms with Gasteiger partial charge in [-0.2, -0.15) is 0 Å². The van der Waals surface area contributed by atoms with E-state index in [1.165, 1.54) is 31.5 Å². The van der Waals surface area contributed by atoms with Crippen LogP contribution >= 0.6 is 0 Å². The van der Waals surface area contributed by atoms with Crippen LogP contribution in [0, 0.1) is 10.1 Å². The van der Waals surface area contributed by atoms with Crippen molar-refractivity contribution in [3.05, 3.63) is 52.5 Å². The minimum atomic E-state index is -0.630. The SMILES string of the molecule is COC(=O)c1cnc(Oc2ccccc2[N+](=O)[O-])cn1. The highest BCUT2D eigenvalue weighted by molar-refractivity contribution is 5.86. The zero-order valence-electron chi connectivity index (χ0n) is 10.3. The van der Waals surface area contributed by atoms with E-state index in [1.807, 2.05) is 0 Å². The second kappa shape index (κ2) is 5.74. The number of hydrogen-bond donors (Lipinski definition) is 0. The molecule has 0 bridgehead atoms. The summed E-state index contributed by atoms with van der Waals surface area (Å²) >= 11 is 0. The molecule has 0 aliphatic heterocycles. The van der Waals surface area contributed by atoms with Crippen molar-refractivity contribution in [2.75, 3.05) is 7.11 Å². The molecule has 8 nitrogen and oxygen atoms in total. The Bertz CT molecular complexity index is 642. The zero-order chi connectivity index (χ0) is 14.5. The number of benzene rings is 1. The van der Waals surface area contributed by atoms with Crippen LogP contribution in [0.2, 0.25) is 0 Å². The van der Waals surface area contributed by atoms with Crippen LogP contribution in [-0.2, 0) is 4.74 Å². The highest BCUT2D eigenvalue weighted by Gasteiger charge is 2.15. The molecule has 1 aromatic heterocycles. The number of esters is 1. The number of hydrogen-bond acceptors (Lipinski definition) is 7. The average molecular weight is 275 g/mol. The number of para-hydroxylation sites is 2. The molecule has 0 N–H and O–H groups in total. The Morgan fingerprint density at radius 3 is 2.60 bits per heavy atom. The van der Waals surface area contributed by atoms with Gasteiger partial charge in [0.15, 0.2) is 5.69 Å². The van der Waals surface area contributed by atoms with Crippen molar-refractivity contribution in [1.29, 1.82) is 0 Å². The quantitative estimate of drug-likeness (QED) is 0.477. The largest absolute Gasteiger partial charge is 0.464 e. The van der Waals surface area contributed by atoms with E-state index in [0.717, 1.165) is 6.20 Å². The van der Waals surface area contributed by atoms with E-state index >= 15 is 0 Å². The summed E-state index contributed by atoms with van der Waals surface area (Å²) in [6.45, 7) is 0. The monoisotopic (exact) mass is 275 g/mol. The first-order valence-corrected chi connectivity index (χ1v) is 5.43. The Hall–Kier alpha value is -3.03. The number of nitro groups is 1. The van der Waals surface area contributed by atoms with E-state index in [0.29, 0.717) is 0 Å². The lowest BCUT2D eigenvalue weighted by atomic mass is 10.3. The van der Waals surface area contributed by atoms with Crippen LogP contribution in [0.15, 0.2) is 36.7 Å². The smallest absolute Gasteiger partial charge is 0.358 e. The molecule has 102 valence electrons. The van der Waals surface area contributed by atoms with E-state index in [4.69, 9.17) is 4.74 Å². The average Bonchev–Trinajstić information content (AvgIpc) is 2.47. The Morgan fingerprint density at radius 2 is 2.00 bits per heavy atom. The van der Waals surface area contributed by atoms with Gasteiger partial charge >= 0.3 is 11.7 Å². The van der Waals surface area contributed by atoms with Crippen molar-refractivity contribution in [3.8, 4) is 11.6 Å². The van der Waals surface area contributed by atoms with Crippen molar-refractivity contribution >= 4 is 11.7 Å². The van der Waals surface area contributed by atoms with E-state index in [1.54, 1.807) is 6.07 Å². The summed E-state index contributed by atoms with van der Waals surface area (Å²) in [5, 5.41) is 10.8. The van der Waals surface area contributed by atoms with E-state index in [2.05, 4.69) is 14.7 Å². The number of aromatic nitrogens is 2. The van der Waals surface area contributed by atoms with Crippen LogP contribution in [0.3, 0.4) is 0 Å². The number of methoxy groups -OCH3 is 1. The summed E-state index contributed by atoms with van der Waals surface area (Å²) in [4.78, 5) is 29.1. The molecule has 0 saturated heterocycles. The second-order valence-electron chi connectivity index (χ2n) is 3.56. The van der Waals surface area contributed by atoms with Crippen LogP contribution in [-0.4, -0.2) is 28.0 Å². The highest BCUT2D eigenvalue weighted by Crippen LogP contribution is 2.29. The summed E-state index contributed by atoms with van der Waals surface area (Å²) in [6, 6.07) is 5.87. The number of nitro benzene ring substituents is 1. The third-order valence-corrected chi connectivity index (χ3v) is 2.30. The predicted molar refractivity (Wildman–Crippen MR) is 66.5 cm³/mol. The Kier molecular flexibility index (Phi) is 3.85. The number of ether oxygens (including phenoxy) is 2. The van der Waals surface area contributed by atoms with Gasteiger partial charge in [0.25, 0.3) is 0 Å². The number of carbonyl (C=O) groups is 1. The van der Waals surface area contributed by atoms with Crippen molar-refractivity contribution in [1.82, 2.24) is 9.97 Å². The number of nitrogens with zero attached hydrogens (tertiary/aromatic N) is 3. The van der Waals surface area contributed by atoms with Gasteiger partial charge in [-0.25, -0.2) is 14.8 Å². The Labute approximate surface area is 113 Å². The minimum Gasteiger partial charge on any atom is -0.464 e. The third-order valence-electron chi connectivity index (χ3n) is 2.30. The first-order chi connectivity index (χ1) is 9.61. The fourth-order valence-corrected chi connectivity index (χ4v) is 1.39. The van der Waals surface area contributed by atoms with Gasteiger partial charge < -0.3 is 9.47 Å². The standard InChI is InChI=1S/C12H9N3O5/c1-19-12(16)8-6-14-11(7-13-8)20-10-5-3-2-4-9(10)15(17)18/h2-7H,1H3. The molecule has 2 rings (SSSR count). The second-order valence-corrected chi connectivity index (χ2v) is 3.56. The van der Waals surface area contributed by atoms with Crippen LogP contribution < -0.4 is 4.74 Å².